The van der Waals surface area contributed by atoms with E-state index >= 15 is 0 Å². The van der Waals surface area contributed by atoms with Gasteiger partial charge in [0.25, 0.3) is 0 Å². The molecular formula is C71H128NO8P. The number of hydrogen-bond acceptors (Lipinski definition) is 8. The number of allylic oxidation sites excluding steroid dienone is 14. The van der Waals surface area contributed by atoms with Crippen LogP contribution in [0.2, 0.25) is 0 Å². The van der Waals surface area contributed by atoms with Crippen LogP contribution in [-0.4, -0.2) is 49.3 Å². The summed E-state index contributed by atoms with van der Waals surface area (Å²) in [6, 6.07) is 0. The highest BCUT2D eigenvalue weighted by atomic mass is 31.2. The molecule has 2 atom stereocenters. The number of rotatable bonds is 64. The first-order valence-electron chi connectivity index (χ1n) is 34.1. The van der Waals surface area contributed by atoms with Gasteiger partial charge in [0.15, 0.2) is 6.10 Å². The molecule has 0 aliphatic rings. The molecule has 0 aromatic rings. The van der Waals surface area contributed by atoms with Crippen molar-refractivity contribution in [2.45, 2.75) is 328 Å². The Balaban J connectivity index is 3.86. The van der Waals surface area contributed by atoms with Crippen LogP contribution < -0.4 is 5.73 Å². The monoisotopic (exact) mass is 1150 g/mol. The topological polar surface area (TPSA) is 134 Å². The van der Waals surface area contributed by atoms with Crippen molar-refractivity contribution in [2.24, 2.45) is 5.73 Å². The quantitative estimate of drug-likeness (QED) is 0.0264. The van der Waals surface area contributed by atoms with Crippen LogP contribution in [0.4, 0.5) is 0 Å². The van der Waals surface area contributed by atoms with Gasteiger partial charge in [-0.1, -0.05) is 304 Å². The smallest absolute Gasteiger partial charge is 0.462 e. The lowest BCUT2D eigenvalue weighted by Crippen LogP contribution is -2.29. The molecule has 0 amide bonds. The number of ether oxygens (including phenoxy) is 2. The minimum Gasteiger partial charge on any atom is -0.462 e. The lowest BCUT2D eigenvalue weighted by Gasteiger charge is -2.19. The van der Waals surface area contributed by atoms with E-state index < -0.39 is 26.5 Å². The fourth-order valence-corrected chi connectivity index (χ4v) is 10.5. The summed E-state index contributed by atoms with van der Waals surface area (Å²) in [5.74, 6) is -0.820. The molecule has 0 aliphatic carbocycles. The second-order valence-corrected chi connectivity index (χ2v) is 24.1. The van der Waals surface area contributed by atoms with Crippen LogP contribution in [0.5, 0.6) is 0 Å². The number of carbonyl (C=O) groups excluding carboxylic acids is 2. The molecule has 2 unspecified atom stereocenters. The van der Waals surface area contributed by atoms with E-state index in [0.717, 1.165) is 70.6 Å². The van der Waals surface area contributed by atoms with E-state index in [9.17, 15) is 19.0 Å². The lowest BCUT2D eigenvalue weighted by atomic mass is 10.0. The summed E-state index contributed by atoms with van der Waals surface area (Å²) in [7, 11) is -4.39. The standard InChI is InChI=1S/C71H128NO8P/c1-3-5-7-9-11-13-15-17-19-21-23-25-27-29-30-31-32-33-34-35-36-37-38-40-42-44-46-48-50-52-54-56-58-60-62-64-71(74)80-69(68-79-81(75,76)78-66-65-72)67-77-70(73)63-61-59-57-55-53-51-49-47-45-43-41-39-28-26-24-22-20-18-16-14-12-10-8-6-4-2/h5,7,11,13,16-19,22-25,28,39,69H,3-4,6,8-10,12,14-15,20-21,26-27,29-38,40-68,72H2,1-2H3,(H,75,76)/b7-5-,13-11-,18-16-,19-17-,24-22-,25-23-,39-28-. The highest BCUT2D eigenvalue weighted by Gasteiger charge is 2.26. The van der Waals surface area contributed by atoms with Gasteiger partial charge < -0.3 is 20.1 Å². The van der Waals surface area contributed by atoms with Crippen molar-refractivity contribution in [2.75, 3.05) is 26.4 Å². The maximum atomic E-state index is 12.8. The van der Waals surface area contributed by atoms with E-state index in [1.807, 2.05) is 0 Å². The van der Waals surface area contributed by atoms with Crippen LogP contribution >= 0.6 is 7.82 Å². The van der Waals surface area contributed by atoms with Gasteiger partial charge in [-0.15, -0.1) is 0 Å². The third kappa shape index (κ3) is 66.2. The number of nitrogens with two attached hydrogens (primary N) is 1. The predicted octanol–water partition coefficient (Wildman–Crippen LogP) is 22.2. The number of phosphoric ester groups is 1. The zero-order chi connectivity index (χ0) is 58.7. The fraction of sp³-hybridized carbons (Fsp3) is 0.775. The average Bonchev–Trinajstić information content (AvgIpc) is 3.46. The molecule has 0 aliphatic heterocycles. The van der Waals surface area contributed by atoms with Crippen molar-refractivity contribution in [1.82, 2.24) is 0 Å². The summed E-state index contributed by atoms with van der Waals surface area (Å²) in [5.41, 5.74) is 5.40. The van der Waals surface area contributed by atoms with Crippen LogP contribution in [0.1, 0.15) is 322 Å². The Hall–Kier alpha value is -2.81. The highest BCUT2D eigenvalue weighted by molar-refractivity contribution is 7.47. The first-order chi connectivity index (χ1) is 39.8. The summed E-state index contributed by atoms with van der Waals surface area (Å²) in [4.78, 5) is 35.3. The molecule has 10 heteroatoms. The number of unbranched alkanes of at least 4 members (excludes halogenated alkanes) is 37. The summed E-state index contributed by atoms with van der Waals surface area (Å²) in [6.07, 6.45) is 88.1. The molecule has 0 aromatic heterocycles. The molecule has 0 fully saturated rings. The zero-order valence-corrected chi connectivity index (χ0v) is 53.7. The molecule has 0 saturated carbocycles. The Morgan fingerprint density at radius 1 is 0.383 bits per heavy atom. The van der Waals surface area contributed by atoms with Crippen molar-refractivity contribution in [3.63, 3.8) is 0 Å². The molecule has 0 rings (SSSR count). The fourth-order valence-electron chi connectivity index (χ4n) is 9.76. The number of carbonyl (C=O) groups is 2. The SMILES string of the molecule is CC/C=C\C/C=C\C/C=C\C/C=C\CCCCCCCCCCCCCCCCCCCCCCCCC(=O)OC(COC(=O)CCCCCCCCCCCC/C=C\C/C=C\C/C=C\CCCCCCC)COP(=O)(O)OCCN. The number of phosphoric acid groups is 1. The minimum absolute atomic E-state index is 0.0518. The van der Waals surface area contributed by atoms with Gasteiger partial charge in [-0.25, -0.2) is 4.57 Å². The van der Waals surface area contributed by atoms with Gasteiger partial charge in [0.2, 0.25) is 0 Å². The summed E-state index contributed by atoms with van der Waals surface area (Å²) in [6.45, 7) is 3.66. The minimum atomic E-state index is -4.39. The summed E-state index contributed by atoms with van der Waals surface area (Å²) < 4.78 is 33.2. The van der Waals surface area contributed by atoms with Gasteiger partial charge in [-0.05, 0) is 89.9 Å². The Bertz CT molecular complexity index is 1600. The van der Waals surface area contributed by atoms with Crippen LogP contribution in [0.15, 0.2) is 85.1 Å². The molecule has 81 heavy (non-hydrogen) atoms. The molecule has 470 valence electrons. The van der Waals surface area contributed by atoms with E-state index in [4.69, 9.17) is 24.3 Å². The predicted molar refractivity (Wildman–Crippen MR) is 349 cm³/mol. The van der Waals surface area contributed by atoms with Gasteiger partial charge >= 0.3 is 19.8 Å². The summed E-state index contributed by atoms with van der Waals surface area (Å²) in [5, 5.41) is 0. The third-order valence-corrected chi connectivity index (χ3v) is 15.7. The van der Waals surface area contributed by atoms with Crippen LogP contribution in [0.25, 0.3) is 0 Å². The number of esters is 2. The third-order valence-electron chi connectivity index (χ3n) is 14.8. The second-order valence-electron chi connectivity index (χ2n) is 22.7. The molecule has 0 radical (unpaired) electrons. The lowest BCUT2D eigenvalue weighted by molar-refractivity contribution is -0.161. The van der Waals surface area contributed by atoms with Crippen molar-refractivity contribution in [3.05, 3.63) is 85.1 Å². The molecule has 0 bridgehead atoms. The Morgan fingerprint density at radius 2 is 0.679 bits per heavy atom. The van der Waals surface area contributed by atoms with E-state index in [-0.39, 0.29) is 38.6 Å². The van der Waals surface area contributed by atoms with Crippen LogP contribution in [0, 0.1) is 0 Å². The number of hydrogen-bond donors (Lipinski definition) is 2. The van der Waals surface area contributed by atoms with E-state index in [1.54, 1.807) is 0 Å². The van der Waals surface area contributed by atoms with E-state index in [0.29, 0.717) is 6.42 Å². The highest BCUT2D eigenvalue weighted by Crippen LogP contribution is 2.43. The first-order valence-corrected chi connectivity index (χ1v) is 35.6. The Morgan fingerprint density at radius 3 is 1.01 bits per heavy atom. The zero-order valence-electron chi connectivity index (χ0n) is 52.8. The molecule has 0 spiro atoms. The van der Waals surface area contributed by atoms with Crippen molar-refractivity contribution < 1.29 is 37.6 Å². The molecule has 3 N–H and O–H groups in total. The first kappa shape index (κ1) is 78.2. The van der Waals surface area contributed by atoms with Crippen molar-refractivity contribution in [3.8, 4) is 0 Å². The summed E-state index contributed by atoms with van der Waals surface area (Å²) >= 11 is 0. The normalized spacial score (nSPS) is 13.5. The van der Waals surface area contributed by atoms with E-state index in [2.05, 4.69) is 98.9 Å². The molecule has 0 aromatic carbocycles. The van der Waals surface area contributed by atoms with Crippen molar-refractivity contribution in [1.29, 1.82) is 0 Å². The molecule has 0 saturated heterocycles. The molecular weight excluding hydrogens is 1030 g/mol. The van der Waals surface area contributed by atoms with Gasteiger partial charge in [0, 0.05) is 19.4 Å². The van der Waals surface area contributed by atoms with Gasteiger partial charge in [0.05, 0.1) is 13.2 Å². The van der Waals surface area contributed by atoms with Gasteiger partial charge in [-0.3, -0.25) is 18.6 Å². The Labute approximate surface area is 500 Å². The van der Waals surface area contributed by atoms with Crippen molar-refractivity contribution >= 4 is 19.8 Å². The van der Waals surface area contributed by atoms with Crippen LogP contribution in [-0.2, 0) is 32.7 Å². The maximum Gasteiger partial charge on any atom is 0.472 e. The molecule has 9 nitrogen and oxygen atoms in total. The maximum absolute atomic E-state index is 12.8. The van der Waals surface area contributed by atoms with Gasteiger partial charge in [0.1, 0.15) is 6.61 Å². The largest absolute Gasteiger partial charge is 0.472 e. The van der Waals surface area contributed by atoms with Crippen LogP contribution in [0.3, 0.4) is 0 Å². The van der Waals surface area contributed by atoms with Gasteiger partial charge in [-0.2, -0.15) is 0 Å². The molecule has 0 heterocycles. The average molecular weight is 1150 g/mol. The Kier molecular flexibility index (Phi) is 64.0. The van der Waals surface area contributed by atoms with E-state index in [1.165, 1.54) is 218 Å². The second kappa shape index (κ2) is 66.3.